The van der Waals surface area contributed by atoms with Crippen LogP contribution in [-0.4, -0.2) is 16.2 Å². The minimum atomic E-state index is 0.292. The third-order valence-corrected chi connectivity index (χ3v) is 5.18. The topological polar surface area (TPSA) is 36.3 Å². The number of hydrogen-bond acceptors (Lipinski definition) is 3. The minimum absolute atomic E-state index is 0.292. The Balaban J connectivity index is 1.53. The van der Waals surface area contributed by atoms with Gasteiger partial charge in [-0.05, 0) is 48.9 Å². The quantitative estimate of drug-likeness (QED) is 0.347. The van der Waals surface area contributed by atoms with Crippen molar-refractivity contribution in [1.82, 2.24) is 9.55 Å². The van der Waals surface area contributed by atoms with E-state index in [0.717, 1.165) is 28.2 Å². The van der Waals surface area contributed by atoms with E-state index < -0.39 is 0 Å². The third-order valence-electron chi connectivity index (χ3n) is 4.65. The average molecular weight is 427 g/mol. The molecule has 29 heavy (non-hydrogen) atoms. The largest absolute Gasteiger partial charge is 0.491 e. The lowest BCUT2D eigenvalue weighted by Gasteiger charge is -2.13. The number of para-hydroxylation sites is 3. The van der Waals surface area contributed by atoms with Gasteiger partial charge in [0.15, 0.2) is 0 Å². The second kappa shape index (κ2) is 8.76. The molecule has 0 radical (unpaired) electrons. The van der Waals surface area contributed by atoms with Crippen LogP contribution in [0.5, 0.6) is 11.5 Å². The maximum absolute atomic E-state index is 6.22. The van der Waals surface area contributed by atoms with E-state index in [-0.39, 0.29) is 0 Å². The number of halogens is 2. The molecule has 4 nitrogen and oxygen atoms in total. The molecule has 6 heteroatoms. The van der Waals surface area contributed by atoms with Gasteiger partial charge in [0, 0.05) is 5.02 Å². The minimum Gasteiger partial charge on any atom is -0.491 e. The number of aryl methyl sites for hydroxylation is 1. The predicted molar refractivity (Wildman–Crippen MR) is 117 cm³/mol. The molecule has 0 saturated heterocycles. The van der Waals surface area contributed by atoms with Crippen molar-refractivity contribution in [3.8, 4) is 11.5 Å². The lowest BCUT2D eigenvalue weighted by molar-refractivity contribution is 0.272. The molecule has 1 heterocycles. The second-order valence-corrected chi connectivity index (χ2v) is 7.49. The summed E-state index contributed by atoms with van der Waals surface area (Å²) < 4.78 is 14.0. The lowest BCUT2D eigenvalue weighted by atomic mass is 10.2. The molecule has 0 aliphatic heterocycles. The van der Waals surface area contributed by atoms with Crippen LogP contribution in [0.3, 0.4) is 0 Å². The number of aromatic nitrogens is 2. The second-order valence-electron chi connectivity index (χ2n) is 6.65. The Kier molecular flexibility index (Phi) is 5.93. The molecule has 0 saturated carbocycles. The fourth-order valence-electron chi connectivity index (χ4n) is 3.18. The number of ether oxygens (including phenoxy) is 2. The van der Waals surface area contributed by atoms with Gasteiger partial charge in [-0.2, -0.15) is 0 Å². The molecule has 0 N–H and O–H groups in total. The number of benzene rings is 3. The van der Waals surface area contributed by atoms with Gasteiger partial charge in [0.05, 0.1) is 22.6 Å². The van der Waals surface area contributed by atoms with Gasteiger partial charge in [0.1, 0.15) is 30.5 Å². The van der Waals surface area contributed by atoms with E-state index in [0.29, 0.717) is 35.6 Å². The molecule has 3 aromatic carbocycles. The Morgan fingerprint density at radius 1 is 0.897 bits per heavy atom. The lowest BCUT2D eigenvalue weighted by Crippen LogP contribution is -2.13. The Bertz CT molecular complexity index is 1140. The summed E-state index contributed by atoms with van der Waals surface area (Å²) in [5, 5.41) is 1.05. The molecule has 1 aromatic heterocycles. The molecular weight excluding hydrogens is 407 g/mol. The van der Waals surface area contributed by atoms with Crippen molar-refractivity contribution < 1.29 is 9.47 Å². The SMILES string of the molecule is Cc1ccccc1OCCn1c(COc2ccc(Cl)cc2Cl)nc2ccccc21. The molecule has 4 rings (SSSR count). The Hall–Kier alpha value is -2.69. The molecule has 0 spiro atoms. The monoisotopic (exact) mass is 426 g/mol. The molecule has 0 aliphatic rings. The highest BCUT2D eigenvalue weighted by Gasteiger charge is 2.12. The fraction of sp³-hybridized carbons (Fsp3) is 0.174. The van der Waals surface area contributed by atoms with E-state index in [4.69, 9.17) is 37.7 Å². The van der Waals surface area contributed by atoms with Gasteiger partial charge in [0.2, 0.25) is 0 Å². The summed E-state index contributed by atoms with van der Waals surface area (Å²) in [6.45, 7) is 3.51. The first kappa shape index (κ1) is 19.6. The normalized spacial score (nSPS) is 11.0. The maximum Gasteiger partial charge on any atom is 0.148 e. The van der Waals surface area contributed by atoms with E-state index >= 15 is 0 Å². The van der Waals surface area contributed by atoms with Gasteiger partial charge in [-0.25, -0.2) is 4.98 Å². The molecule has 0 bridgehead atoms. The molecule has 0 unspecified atom stereocenters. The highest BCUT2D eigenvalue weighted by molar-refractivity contribution is 6.35. The van der Waals surface area contributed by atoms with Crippen LogP contribution in [0.25, 0.3) is 11.0 Å². The first-order valence-corrected chi connectivity index (χ1v) is 10.1. The van der Waals surface area contributed by atoms with E-state index in [1.54, 1.807) is 18.2 Å². The molecule has 148 valence electrons. The number of hydrogen-bond donors (Lipinski definition) is 0. The zero-order valence-electron chi connectivity index (χ0n) is 15.9. The maximum atomic E-state index is 6.22. The zero-order valence-corrected chi connectivity index (χ0v) is 17.5. The summed E-state index contributed by atoms with van der Waals surface area (Å²) in [6.07, 6.45) is 0. The van der Waals surface area contributed by atoms with Crippen LogP contribution in [-0.2, 0) is 13.2 Å². The number of imidazole rings is 1. The van der Waals surface area contributed by atoms with Crippen molar-refractivity contribution in [2.75, 3.05) is 6.61 Å². The van der Waals surface area contributed by atoms with Crippen LogP contribution < -0.4 is 9.47 Å². The van der Waals surface area contributed by atoms with Gasteiger partial charge in [0.25, 0.3) is 0 Å². The van der Waals surface area contributed by atoms with Crippen LogP contribution in [0.15, 0.2) is 66.7 Å². The van der Waals surface area contributed by atoms with Crippen molar-refractivity contribution >= 4 is 34.2 Å². The van der Waals surface area contributed by atoms with Crippen LogP contribution in [0, 0.1) is 6.92 Å². The fourth-order valence-corrected chi connectivity index (χ4v) is 3.65. The van der Waals surface area contributed by atoms with Crippen LogP contribution >= 0.6 is 23.2 Å². The highest BCUT2D eigenvalue weighted by Crippen LogP contribution is 2.28. The summed E-state index contributed by atoms with van der Waals surface area (Å²) in [7, 11) is 0. The molecule has 0 amide bonds. The van der Waals surface area contributed by atoms with Crippen LogP contribution in [0.4, 0.5) is 0 Å². The summed E-state index contributed by atoms with van der Waals surface area (Å²) in [5.74, 6) is 2.28. The number of nitrogens with zero attached hydrogens (tertiary/aromatic N) is 2. The van der Waals surface area contributed by atoms with Crippen molar-refractivity contribution in [1.29, 1.82) is 0 Å². The first-order chi connectivity index (χ1) is 14.1. The standard InChI is InChI=1S/C23H20Cl2N2O2/c1-16-6-2-5-9-21(16)28-13-12-27-20-8-4-3-7-19(20)26-23(27)15-29-22-11-10-17(24)14-18(22)25/h2-11,14H,12-13,15H2,1H3. The van der Waals surface area contributed by atoms with Gasteiger partial charge >= 0.3 is 0 Å². The predicted octanol–water partition coefficient (Wildman–Crippen LogP) is 6.31. The average Bonchev–Trinajstić information content (AvgIpc) is 3.06. The Morgan fingerprint density at radius 3 is 2.52 bits per heavy atom. The number of fused-ring (bicyclic) bond motifs is 1. The van der Waals surface area contributed by atoms with Gasteiger partial charge in [-0.1, -0.05) is 53.5 Å². The Labute approximate surface area is 179 Å². The number of rotatable bonds is 7. The van der Waals surface area contributed by atoms with Crippen molar-refractivity contribution in [2.45, 2.75) is 20.1 Å². The van der Waals surface area contributed by atoms with E-state index in [2.05, 4.69) is 10.6 Å². The van der Waals surface area contributed by atoms with E-state index in [9.17, 15) is 0 Å². The highest BCUT2D eigenvalue weighted by atomic mass is 35.5. The van der Waals surface area contributed by atoms with Crippen LogP contribution in [0.1, 0.15) is 11.4 Å². The van der Waals surface area contributed by atoms with Gasteiger partial charge < -0.3 is 14.0 Å². The first-order valence-electron chi connectivity index (χ1n) is 9.32. The van der Waals surface area contributed by atoms with E-state index in [1.165, 1.54) is 0 Å². The van der Waals surface area contributed by atoms with Crippen molar-refractivity contribution in [3.63, 3.8) is 0 Å². The zero-order chi connectivity index (χ0) is 20.2. The van der Waals surface area contributed by atoms with Gasteiger partial charge in [-0.15, -0.1) is 0 Å². The summed E-state index contributed by atoms with van der Waals surface area (Å²) in [6, 6.07) is 21.2. The smallest absolute Gasteiger partial charge is 0.148 e. The Morgan fingerprint density at radius 2 is 1.69 bits per heavy atom. The third kappa shape index (κ3) is 4.50. The molecular formula is C23H20Cl2N2O2. The summed E-state index contributed by atoms with van der Waals surface area (Å²) in [5.41, 5.74) is 3.08. The molecule has 0 fully saturated rings. The van der Waals surface area contributed by atoms with E-state index in [1.807, 2.05) is 49.4 Å². The summed E-state index contributed by atoms with van der Waals surface area (Å²) >= 11 is 12.2. The van der Waals surface area contributed by atoms with Crippen molar-refractivity contribution in [2.24, 2.45) is 0 Å². The summed E-state index contributed by atoms with van der Waals surface area (Å²) in [4.78, 5) is 4.73. The van der Waals surface area contributed by atoms with Crippen molar-refractivity contribution in [3.05, 3.63) is 88.2 Å². The van der Waals surface area contributed by atoms with Gasteiger partial charge in [-0.3, -0.25) is 0 Å². The molecule has 0 atom stereocenters. The van der Waals surface area contributed by atoms with Crippen LogP contribution in [0.2, 0.25) is 10.0 Å². The molecule has 0 aliphatic carbocycles. The molecule has 4 aromatic rings.